The lowest BCUT2D eigenvalue weighted by Gasteiger charge is -2.38. The topological polar surface area (TPSA) is 36.7 Å². The Labute approximate surface area is 120 Å². The molecule has 3 rings (SSSR count). The molecule has 1 aromatic heterocycles. The Bertz CT molecular complexity index is 431. The predicted molar refractivity (Wildman–Crippen MR) is 77.7 cm³/mol. The summed E-state index contributed by atoms with van der Waals surface area (Å²) in [5.74, 6) is 0.583. The highest BCUT2D eigenvalue weighted by Gasteiger charge is 2.39. The molecule has 0 bridgehead atoms. The molecule has 0 aromatic carbocycles. The van der Waals surface area contributed by atoms with Crippen molar-refractivity contribution < 1.29 is 9.21 Å². The van der Waals surface area contributed by atoms with Crippen molar-refractivity contribution in [2.75, 3.05) is 19.6 Å². The number of likely N-dealkylation sites (tertiary alicyclic amines) is 1. The average molecular weight is 276 g/mol. The van der Waals surface area contributed by atoms with Crippen LogP contribution in [0.4, 0.5) is 0 Å². The van der Waals surface area contributed by atoms with Gasteiger partial charge in [0.25, 0.3) is 5.91 Å². The number of carbonyl (C=O) groups excluding carboxylic acids is 1. The van der Waals surface area contributed by atoms with E-state index in [1.54, 1.807) is 18.4 Å². The summed E-state index contributed by atoms with van der Waals surface area (Å²) in [7, 11) is 0. The number of nitrogens with zero attached hydrogens (tertiary/aromatic N) is 2. The van der Waals surface area contributed by atoms with Gasteiger partial charge in [0.05, 0.1) is 6.26 Å². The van der Waals surface area contributed by atoms with Crippen LogP contribution in [0, 0.1) is 0 Å². The normalized spacial score (nSPS) is 21.1. The van der Waals surface area contributed by atoms with Crippen molar-refractivity contribution in [2.24, 2.45) is 0 Å². The fraction of sp³-hybridized carbons (Fsp3) is 0.688. The second-order valence-corrected chi connectivity index (χ2v) is 5.99. The summed E-state index contributed by atoms with van der Waals surface area (Å²) in [6.45, 7) is 5.64. The van der Waals surface area contributed by atoms with E-state index in [4.69, 9.17) is 4.42 Å². The molecular formula is C16H24N2O2. The third-order valence-electron chi connectivity index (χ3n) is 4.40. The number of rotatable bonds is 5. The fourth-order valence-electron chi connectivity index (χ4n) is 3.25. The highest BCUT2D eigenvalue weighted by molar-refractivity contribution is 5.92. The van der Waals surface area contributed by atoms with Crippen molar-refractivity contribution >= 4 is 5.91 Å². The maximum absolute atomic E-state index is 12.6. The molecule has 1 saturated carbocycles. The molecular weight excluding hydrogens is 252 g/mol. The molecule has 1 aromatic rings. The number of amides is 1. The Morgan fingerprint density at radius 2 is 2.00 bits per heavy atom. The van der Waals surface area contributed by atoms with Crippen molar-refractivity contribution in [1.82, 2.24) is 9.80 Å². The van der Waals surface area contributed by atoms with Crippen molar-refractivity contribution in [2.45, 2.75) is 51.1 Å². The SMILES string of the molecule is CCCN1CCC(N(C(=O)c2ccco2)C2CC2)CC1. The largest absolute Gasteiger partial charge is 0.459 e. The van der Waals surface area contributed by atoms with Crippen LogP contribution in [0.15, 0.2) is 22.8 Å². The molecule has 0 atom stereocenters. The molecule has 1 aliphatic heterocycles. The number of furan rings is 1. The second-order valence-electron chi connectivity index (χ2n) is 5.99. The Morgan fingerprint density at radius 1 is 1.30 bits per heavy atom. The minimum absolute atomic E-state index is 0.0893. The van der Waals surface area contributed by atoms with Gasteiger partial charge in [-0.15, -0.1) is 0 Å². The van der Waals surface area contributed by atoms with Crippen LogP contribution in [0.1, 0.15) is 49.6 Å². The predicted octanol–water partition coefficient (Wildman–Crippen LogP) is 2.76. The van der Waals surface area contributed by atoms with Crippen LogP contribution >= 0.6 is 0 Å². The molecule has 1 amide bonds. The number of carbonyl (C=O) groups is 1. The van der Waals surface area contributed by atoms with Crippen LogP contribution in [-0.2, 0) is 0 Å². The molecule has 1 saturated heterocycles. The van der Waals surface area contributed by atoms with E-state index in [0.717, 1.165) is 38.8 Å². The number of piperidine rings is 1. The van der Waals surface area contributed by atoms with Crippen LogP contribution in [0.5, 0.6) is 0 Å². The van der Waals surface area contributed by atoms with Gasteiger partial charge in [-0.05, 0) is 50.8 Å². The van der Waals surface area contributed by atoms with Gasteiger partial charge in [-0.1, -0.05) is 6.92 Å². The third kappa shape index (κ3) is 2.90. The quantitative estimate of drug-likeness (QED) is 0.829. The zero-order valence-electron chi connectivity index (χ0n) is 12.3. The van der Waals surface area contributed by atoms with Gasteiger partial charge in [0.1, 0.15) is 0 Å². The molecule has 0 radical (unpaired) electrons. The molecule has 0 spiro atoms. The molecule has 4 heteroatoms. The first-order chi connectivity index (χ1) is 9.79. The molecule has 110 valence electrons. The second kappa shape index (κ2) is 6.00. The van der Waals surface area contributed by atoms with Crippen LogP contribution < -0.4 is 0 Å². The summed E-state index contributed by atoms with van der Waals surface area (Å²) in [6.07, 6.45) is 7.31. The van der Waals surface area contributed by atoms with Gasteiger partial charge in [-0.3, -0.25) is 4.79 Å². The highest BCUT2D eigenvalue weighted by atomic mass is 16.3. The number of hydrogen-bond donors (Lipinski definition) is 0. The van der Waals surface area contributed by atoms with Crippen LogP contribution in [0.25, 0.3) is 0 Å². The molecule has 4 nitrogen and oxygen atoms in total. The molecule has 0 N–H and O–H groups in total. The summed E-state index contributed by atoms with van der Waals surface area (Å²) in [6, 6.07) is 4.43. The zero-order valence-corrected chi connectivity index (χ0v) is 12.3. The Balaban J connectivity index is 1.65. The highest BCUT2D eigenvalue weighted by Crippen LogP contribution is 2.33. The van der Waals surface area contributed by atoms with E-state index < -0.39 is 0 Å². The van der Waals surface area contributed by atoms with E-state index >= 15 is 0 Å². The summed E-state index contributed by atoms with van der Waals surface area (Å²) < 4.78 is 5.30. The minimum atomic E-state index is 0.0893. The lowest BCUT2D eigenvalue weighted by atomic mass is 10.0. The lowest BCUT2D eigenvalue weighted by Crippen LogP contribution is -2.48. The van der Waals surface area contributed by atoms with Crippen molar-refractivity contribution in [1.29, 1.82) is 0 Å². The summed E-state index contributed by atoms with van der Waals surface area (Å²) >= 11 is 0. The summed E-state index contributed by atoms with van der Waals surface area (Å²) in [5.41, 5.74) is 0. The first kappa shape index (κ1) is 13.7. The maximum atomic E-state index is 12.6. The molecule has 1 aliphatic carbocycles. The zero-order chi connectivity index (χ0) is 13.9. The molecule has 2 fully saturated rings. The lowest BCUT2D eigenvalue weighted by molar-refractivity contribution is 0.0519. The van der Waals surface area contributed by atoms with Gasteiger partial charge in [0.15, 0.2) is 5.76 Å². The summed E-state index contributed by atoms with van der Waals surface area (Å²) in [4.78, 5) is 17.2. The van der Waals surface area contributed by atoms with Crippen LogP contribution in [0.2, 0.25) is 0 Å². The minimum Gasteiger partial charge on any atom is -0.459 e. The molecule has 2 heterocycles. The Kier molecular flexibility index (Phi) is 4.10. The van der Waals surface area contributed by atoms with Crippen molar-refractivity contribution in [3.8, 4) is 0 Å². The van der Waals surface area contributed by atoms with E-state index in [1.807, 2.05) is 0 Å². The van der Waals surface area contributed by atoms with Gasteiger partial charge in [0, 0.05) is 25.2 Å². The summed E-state index contributed by atoms with van der Waals surface area (Å²) in [5, 5.41) is 0. The van der Waals surface area contributed by atoms with Crippen LogP contribution in [-0.4, -0.2) is 47.4 Å². The molecule has 20 heavy (non-hydrogen) atoms. The average Bonchev–Trinajstić information content (AvgIpc) is 3.14. The standard InChI is InChI=1S/C16H24N2O2/c1-2-9-17-10-7-14(8-11-17)18(13-5-6-13)16(19)15-4-3-12-20-15/h3-4,12-14H,2,5-11H2,1H3. The Morgan fingerprint density at radius 3 is 2.55 bits per heavy atom. The van der Waals surface area contributed by atoms with E-state index in [-0.39, 0.29) is 5.91 Å². The first-order valence-electron chi connectivity index (χ1n) is 7.88. The van der Waals surface area contributed by atoms with Crippen molar-refractivity contribution in [3.05, 3.63) is 24.2 Å². The molecule has 0 unspecified atom stereocenters. The van der Waals surface area contributed by atoms with Gasteiger partial charge >= 0.3 is 0 Å². The van der Waals surface area contributed by atoms with Crippen LogP contribution in [0.3, 0.4) is 0 Å². The van der Waals surface area contributed by atoms with E-state index in [0.29, 0.717) is 17.8 Å². The Hall–Kier alpha value is -1.29. The van der Waals surface area contributed by atoms with Gasteiger partial charge in [0.2, 0.25) is 0 Å². The maximum Gasteiger partial charge on any atom is 0.290 e. The third-order valence-corrected chi connectivity index (χ3v) is 4.40. The van der Waals surface area contributed by atoms with E-state index in [1.165, 1.54) is 13.0 Å². The first-order valence-corrected chi connectivity index (χ1v) is 7.88. The fourth-order valence-corrected chi connectivity index (χ4v) is 3.25. The smallest absolute Gasteiger partial charge is 0.290 e. The van der Waals surface area contributed by atoms with E-state index in [9.17, 15) is 4.79 Å². The monoisotopic (exact) mass is 276 g/mol. The van der Waals surface area contributed by atoms with Gasteiger partial charge < -0.3 is 14.2 Å². The number of hydrogen-bond acceptors (Lipinski definition) is 3. The van der Waals surface area contributed by atoms with Gasteiger partial charge in [-0.25, -0.2) is 0 Å². The van der Waals surface area contributed by atoms with Crippen molar-refractivity contribution in [3.63, 3.8) is 0 Å². The van der Waals surface area contributed by atoms with E-state index in [2.05, 4.69) is 16.7 Å². The molecule has 2 aliphatic rings. The van der Waals surface area contributed by atoms with Gasteiger partial charge in [-0.2, -0.15) is 0 Å².